The molecule has 1 unspecified atom stereocenters. The number of amides is 2. The minimum Gasteiger partial charge on any atom is -0.340 e. The summed E-state index contributed by atoms with van der Waals surface area (Å²) in [6.45, 7) is 2.68. The predicted octanol–water partition coefficient (Wildman–Crippen LogP) is 4.19. The van der Waals surface area contributed by atoms with Crippen LogP contribution in [0, 0.1) is 0 Å². The van der Waals surface area contributed by atoms with E-state index in [1.807, 2.05) is 30.5 Å². The molecule has 0 saturated heterocycles. The second-order valence-corrected chi connectivity index (χ2v) is 10.1. The summed E-state index contributed by atoms with van der Waals surface area (Å²) in [7, 11) is 0. The van der Waals surface area contributed by atoms with Crippen molar-refractivity contribution in [2.45, 2.75) is 32.0 Å². The summed E-state index contributed by atoms with van der Waals surface area (Å²) in [4.78, 5) is 33.9. The Morgan fingerprint density at radius 2 is 1.85 bits per heavy atom. The molecule has 1 atom stereocenters. The zero-order chi connectivity index (χ0) is 23.0. The summed E-state index contributed by atoms with van der Waals surface area (Å²) in [5.41, 5.74) is 2.90. The van der Waals surface area contributed by atoms with E-state index in [-0.39, 0.29) is 11.8 Å². The lowest BCUT2D eigenvalue weighted by molar-refractivity contribution is -0.118. The van der Waals surface area contributed by atoms with E-state index in [1.165, 1.54) is 21.8 Å². The van der Waals surface area contributed by atoms with E-state index >= 15 is 0 Å². The van der Waals surface area contributed by atoms with Crippen LogP contribution in [0.5, 0.6) is 0 Å². The maximum Gasteiger partial charge on any atom is 0.251 e. The number of hydrogen-bond donors (Lipinski definition) is 2. The lowest BCUT2D eigenvalue weighted by Crippen LogP contribution is -2.44. The van der Waals surface area contributed by atoms with Gasteiger partial charge in [-0.15, -0.1) is 11.3 Å². The van der Waals surface area contributed by atoms with Crippen molar-refractivity contribution in [3.63, 3.8) is 0 Å². The molecule has 0 radical (unpaired) electrons. The maximum absolute atomic E-state index is 13.0. The third kappa shape index (κ3) is 6.43. The topological polar surface area (TPSA) is 74.3 Å². The summed E-state index contributed by atoms with van der Waals surface area (Å²) < 4.78 is 0. The zero-order valence-electron chi connectivity index (χ0n) is 18.6. The Labute approximate surface area is 202 Å². The van der Waals surface area contributed by atoms with Crippen LogP contribution in [0.3, 0.4) is 0 Å². The fraction of sp³-hybridized carbons (Fsp3) is 0.320. The van der Waals surface area contributed by atoms with Gasteiger partial charge in [0, 0.05) is 36.5 Å². The smallest absolute Gasteiger partial charge is 0.251 e. The lowest BCUT2D eigenvalue weighted by Gasteiger charge is -2.25. The van der Waals surface area contributed by atoms with Crippen molar-refractivity contribution in [3.05, 3.63) is 82.4 Å². The third-order valence-corrected chi connectivity index (χ3v) is 7.20. The molecule has 1 aliphatic heterocycles. The monoisotopic (exact) mass is 480 g/mol. The van der Waals surface area contributed by atoms with Crippen LogP contribution in [0.4, 0.5) is 5.13 Å². The van der Waals surface area contributed by atoms with E-state index in [9.17, 15) is 9.59 Å². The number of carbonyl (C=O) groups excluding carboxylic acids is 2. The van der Waals surface area contributed by atoms with E-state index in [1.54, 1.807) is 23.9 Å². The Morgan fingerprint density at radius 3 is 2.58 bits per heavy atom. The van der Waals surface area contributed by atoms with Crippen LogP contribution in [0.1, 0.15) is 32.9 Å². The molecule has 2 heterocycles. The van der Waals surface area contributed by atoms with E-state index in [0.717, 1.165) is 37.5 Å². The van der Waals surface area contributed by atoms with E-state index < -0.39 is 6.04 Å². The van der Waals surface area contributed by atoms with Gasteiger partial charge in [0.2, 0.25) is 5.91 Å². The van der Waals surface area contributed by atoms with Gasteiger partial charge in [0.15, 0.2) is 5.13 Å². The van der Waals surface area contributed by atoms with E-state index in [2.05, 4.69) is 44.8 Å². The molecule has 2 aromatic carbocycles. The van der Waals surface area contributed by atoms with Gasteiger partial charge in [0.1, 0.15) is 6.04 Å². The van der Waals surface area contributed by atoms with Crippen LogP contribution < -0.4 is 10.6 Å². The Bertz CT molecular complexity index is 1070. The zero-order valence-corrected chi connectivity index (χ0v) is 20.3. The van der Waals surface area contributed by atoms with Gasteiger partial charge in [0.25, 0.3) is 5.91 Å². The van der Waals surface area contributed by atoms with E-state index in [4.69, 9.17) is 0 Å². The quantitative estimate of drug-likeness (QED) is 0.480. The van der Waals surface area contributed by atoms with Gasteiger partial charge in [-0.1, -0.05) is 48.5 Å². The molecule has 33 heavy (non-hydrogen) atoms. The van der Waals surface area contributed by atoms with Crippen LogP contribution in [-0.2, 0) is 24.3 Å². The highest BCUT2D eigenvalue weighted by Gasteiger charge is 2.25. The molecule has 2 amide bonds. The van der Waals surface area contributed by atoms with Gasteiger partial charge < -0.3 is 10.6 Å². The molecule has 172 valence electrons. The van der Waals surface area contributed by atoms with Gasteiger partial charge in [-0.2, -0.15) is 11.8 Å². The van der Waals surface area contributed by atoms with Crippen LogP contribution in [0.25, 0.3) is 0 Å². The first-order chi connectivity index (χ1) is 16.1. The number of thioether (sulfide) groups is 1. The fourth-order valence-corrected chi connectivity index (χ4v) is 5.33. The summed E-state index contributed by atoms with van der Waals surface area (Å²) in [5.74, 6) is 0.308. The number of benzene rings is 2. The fourth-order valence-electron chi connectivity index (χ4n) is 3.81. The van der Waals surface area contributed by atoms with Gasteiger partial charge >= 0.3 is 0 Å². The molecule has 0 fully saturated rings. The van der Waals surface area contributed by atoms with Crippen molar-refractivity contribution in [2.24, 2.45) is 0 Å². The van der Waals surface area contributed by atoms with Crippen molar-refractivity contribution < 1.29 is 9.59 Å². The lowest BCUT2D eigenvalue weighted by atomic mass is 10.1. The highest BCUT2D eigenvalue weighted by Crippen LogP contribution is 2.29. The number of carbonyl (C=O) groups is 2. The van der Waals surface area contributed by atoms with Crippen molar-refractivity contribution >= 4 is 40.0 Å². The van der Waals surface area contributed by atoms with Crippen molar-refractivity contribution in [3.8, 4) is 0 Å². The van der Waals surface area contributed by atoms with Gasteiger partial charge in [-0.05, 0) is 36.1 Å². The first-order valence-electron chi connectivity index (χ1n) is 11.0. The Kier molecular flexibility index (Phi) is 8.15. The van der Waals surface area contributed by atoms with Crippen molar-refractivity contribution in [1.82, 2.24) is 15.2 Å². The summed E-state index contributed by atoms with van der Waals surface area (Å²) in [5, 5.41) is 6.45. The summed E-state index contributed by atoms with van der Waals surface area (Å²) in [6, 6.07) is 18.8. The SMILES string of the molecule is CSCCC(NC(=O)c1ccccc1)C(=O)Nc1nc2c(s1)CN(Cc1ccccc1)CC2. The van der Waals surface area contributed by atoms with Gasteiger partial charge in [0.05, 0.1) is 5.69 Å². The minimum atomic E-state index is -0.610. The summed E-state index contributed by atoms with van der Waals surface area (Å²) in [6.07, 6.45) is 3.42. The van der Waals surface area contributed by atoms with E-state index in [0.29, 0.717) is 17.1 Å². The normalized spacial score (nSPS) is 14.3. The van der Waals surface area contributed by atoms with Crippen LogP contribution in [0.15, 0.2) is 60.7 Å². The van der Waals surface area contributed by atoms with Gasteiger partial charge in [-0.25, -0.2) is 4.98 Å². The first kappa shape index (κ1) is 23.5. The Hall–Kier alpha value is -2.68. The third-order valence-electron chi connectivity index (χ3n) is 5.56. The first-order valence-corrected chi connectivity index (χ1v) is 13.2. The Balaban J connectivity index is 1.39. The number of anilines is 1. The molecular formula is C25H28N4O2S2. The second-order valence-electron chi connectivity index (χ2n) is 8.00. The number of nitrogens with zero attached hydrogens (tertiary/aromatic N) is 2. The molecule has 8 heteroatoms. The van der Waals surface area contributed by atoms with Crippen LogP contribution in [-0.4, -0.2) is 46.3 Å². The molecule has 0 spiro atoms. The molecule has 0 aliphatic carbocycles. The predicted molar refractivity (Wildman–Crippen MR) is 136 cm³/mol. The van der Waals surface area contributed by atoms with Crippen molar-refractivity contribution in [1.29, 1.82) is 0 Å². The number of nitrogens with one attached hydrogen (secondary N) is 2. The van der Waals surface area contributed by atoms with Crippen LogP contribution >= 0.6 is 23.1 Å². The molecular weight excluding hydrogens is 452 g/mol. The maximum atomic E-state index is 13.0. The molecule has 4 rings (SSSR count). The number of aromatic nitrogens is 1. The number of fused-ring (bicyclic) bond motifs is 1. The average Bonchev–Trinajstić information content (AvgIpc) is 3.24. The average molecular weight is 481 g/mol. The highest BCUT2D eigenvalue weighted by atomic mass is 32.2. The highest BCUT2D eigenvalue weighted by molar-refractivity contribution is 7.98. The number of thiazole rings is 1. The summed E-state index contributed by atoms with van der Waals surface area (Å²) >= 11 is 3.18. The largest absolute Gasteiger partial charge is 0.340 e. The van der Waals surface area contributed by atoms with Crippen molar-refractivity contribution in [2.75, 3.05) is 23.9 Å². The molecule has 2 N–H and O–H groups in total. The number of rotatable bonds is 9. The number of hydrogen-bond acceptors (Lipinski definition) is 6. The molecule has 0 saturated carbocycles. The molecule has 6 nitrogen and oxygen atoms in total. The standard InChI is InChI=1S/C25H28N4O2S2/c1-32-15-13-21(26-23(30)19-10-6-3-7-11-19)24(31)28-25-27-20-12-14-29(17-22(20)33-25)16-18-8-4-2-5-9-18/h2-11,21H,12-17H2,1H3,(H,26,30)(H,27,28,31). The molecule has 1 aliphatic rings. The second kappa shape index (κ2) is 11.4. The minimum absolute atomic E-state index is 0.222. The van der Waals surface area contributed by atoms with Crippen LogP contribution in [0.2, 0.25) is 0 Å². The molecule has 3 aromatic rings. The molecule has 0 bridgehead atoms. The van der Waals surface area contributed by atoms with Gasteiger partial charge in [-0.3, -0.25) is 14.5 Å². The Morgan fingerprint density at radius 1 is 1.12 bits per heavy atom. The molecule has 1 aromatic heterocycles.